The standard InChI is InChI=1S/C9H10FN3O3/c1-5(11)9(14)12-7-4-6(10)2-3-8(7)13(15)16/h2-5H,11H2,1H3,(H,12,14). The number of nitrogens with zero attached hydrogens (tertiary/aromatic N) is 1. The molecule has 1 rings (SSSR count). The Hall–Kier alpha value is -2.02. The van der Waals surface area contributed by atoms with Crippen molar-refractivity contribution in [3.05, 3.63) is 34.1 Å². The summed E-state index contributed by atoms with van der Waals surface area (Å²) in [5.74, 6) is -1.29. The molecule has 16 heavy (non-hydrogen) atoms. The van der Waals surface area contributed by atoms with E-state index in [1.165, 1.54) is 6.92 Å². The summed E-state index contributed by atoms with van der Waals surface area (Å²) in [5, 5.41) is 12.8. The maximum absolute atomic E-state index is 12.9. The number of nitrogens with one attached hydrogen (secondary N) is 1. The molecule has 1 aromatic rings. The molecule has 0 saturated carbocycles. The molecule has 0 heterocycles. The van der Waals surface area contributed by atoms with Gasteiger partial charge in [-0.3, -0.25) is 14.9 Å². The first-order chi connectivity index (χ1) is 7.41. The average molecular weight is 227 g/mol. The molecule has 86 valence electrons. The van der Waals surface area contributed by atoms with E-state index < -0.39 is 22.7 Å². The van der Waals surface area contributed by atoms with Gasteiger partial charge in [-0.15, -0.1) is 0 Å². The highest BCUT2D eigenvalue weighted by atomic mass is 19.1. The van der Waals surface area contributed by atoms with Crippen LogP contribution in [-0.4, -0.2) is 16.9 Å². The molecule has 0 aliphatic heterocycles. The van der Waals surface area contributed by atoms with Crippen LogP contribution in [0.15, 0.2) is 18.2 Å². The van der Waals surface area contributed by atoms with Gasteiger partial charge >= 0.3 is 0 Å². The second-order valence-corrected chi connectivity index (χ2v) is 3.20. The molecule has 1 atom stereocenters. The summed E-state index contributed by atoms with van der Waals surface area (Å²) in [6, 6.07) is 1.97. The SMILES string of the molecule is CC(N)C(=O)Nc1cc(F)ccc1[N+](=O)[O-]. The zero-order chi connectivity index (χ0) is 12.3. The third kappa shape index (κ3) is 2.74. The van der Waals surface area contributed by atoms with E-state index in [-0.39, 0.29) is 11.4 Å². The summed E-state index contributed by atoms with van der Waals surface area (Å²) < 4.78 is 12.9. The lowest BCUT2D eigenvalue weighted by atomic mass is 10.2. The van der Waals surface area contributed by atoms with Crippen LogP contribution in [0.4, 0.5) is 15.8 Å². The summed E-state index contributed by atoms with van der Waals surface area (Å²) in [7, 11) is 0. The molecule has 0 spiro atoms. The van der Waals surface area contributed by atoms with Crippen molar-refractivity contribution in [1.82, 2.24) is 0 Å². The molecule has 0 bridgehead atoms. The lowest BCUT2D eigenvalue weighted by molar-refractivity contribution is -0.384. The molecule has 0 aliphatic carbocycles. The molecule has 0 fully saturated rings. The smallest absolute Gasteiger partial charge is 0.292 e. The lowest BCUT2D eigenvalue weighted by Gasteiger charge is -2.07. The van der Waals surface area contributed by atoms with Crippen molar-refractivity contribution in [3.63, 3.8) is 0 Å². The van der Waals surface area contributed by atoms with Crippen molar-refractivity contribution in [2.24, 2.45) is 5.73 Å². The number of nitrogens with two attached hydrogens (primary N) is 1. The Morgan fingerprint density at radius 2 is 2.25 bits per heavy atom. The maximum atomic E-state index is 12.9. The number of halogens is 1. The van der Waals surface area contributed by atoms with Crippen LogP contribution in [0.1, 0.15) is 6.92 Å². The molecular weight excluding hydrogens is 217 g/mol. The number of rotatable bonds is 3. The molecule has 0 aliphatic rings. The maximum Gasteiger partial charge on any atom is 0.292 e. The number of benzene rings is 1. The van der Waals surface area contributed by atoms with Gasteiger partial charge in [0.2, 0.25) is 5.91 Å². The number of anilines is 1. The van der Waals surface area contributed by atoms with Gasteiger partial charge in [-0.25, -0.2) is 4.39 Å². The minimum Gasteiger partial charge on any atom is -0.320 e. The summed E-state index contributed by atoms with van der Waals surface area (Å²) in [5.41, 5.74) is 4.69. The second-order valence-electron chi connectivity index (χ2n) is 3.20. The lowest BCUT2D eigenvalue weighted by Crippen LogP contribution is -2.32. The predicted molar refractivity (Wildman–Crippen MR) is 55.3 cm³/mol. The number of nitro benzene ring substituents is 1. The van der Waals surface area contributed by atoms with Crippen molar-refractivity contribution in [2.75, 3.05) is 5.32 Å². The van der Waals surface area contributed by atoms with Crippen LogP contribution >= 0.6 is 0 Å². The van der Waals surface area contributed by atoms with Crippen molar-refractivity contribution in [3.8, 4) is 0 Å². The number of hydrogen-bond donors (Lipinski definition) is 2. The van der Waals surface area contributed by atoms with Crippen molar-refractivity contribution in [1.29, 1.82) is 0 Å². The van der Waals surface area contributed by atoms with E-state index in [1.807, 2.05) is 0 Å². The number of nitro groups is 1. The minimum absolute atomic E-state index is 0.202. The van der Waals surface area contributed by atoms with Crippen LogP contribution in [0.3, 0.4) is 0 Å². The second kappa shape index (κ2) is 4.67. The summed E-state index contributed by atoms with van der Waals surface area (Å²) in [4.78, 5) is 21.1. The molecule has 0 saturated heterocycles. The van der Waals surface area contributed by atoms with Gasteiger partial charge in [-0.1, -0.05) is 0 Å². The molecule has 1 aromatic carbocycles. The third-order valence-corrected chi connectivity index (χ3v) is 1.83. The zero-order valence-corrected chi connectivity index (χ0v) is 8.44. The number of hydrogen-bond acceptors (Lipinski definition) is 4. The summed E-state index contributed by atoms with van der Waals surface area (Å²) in [6.45, 7) is 1.42. The fourth-order valence-electron chi connectivity index (χ4n) is 1.01. The summed E-state index contributed by atoms with van der Waals surface area (Å²) in [6.07, 6.45) is 0. The molecular formula is C9H10FN3O3. The van der Waals surface area contributed by atoms with Gasteiger partial charge in [0.15, 0.2) is 0 Å². The average Bonchev–Trinajstić information content (AvgIpc) is 2.16. The highest BCUT2D eigenvalue weighted by Crippen LogP contribution is 2.24. The van der Waals surface area contributed by atoms with E-state index in [4.69, 9.17) is 5.73 Å². The van der Waals surface area contributed by atoms with Crippen LogP contribution in [-0.2, 0) is 4.79 Å². The van der Waals surface area contributed by atoms with Crippen molar-refractivity contribution >= 4 is 17.3 Å². The van der Waals surface area contributed by atoms with E-state index in [0.717, 1.165) is 18.2 Å². The molecule has 7 heteroatoms. The predicted octanol–water partition coefficient (Wildman–Crippen LogP) is 1.02. The van der Waals surface area contributed by atoms with Crippen LogP contribution in [0.5, 0.6) is 0 Å². The Kier molecular flexibility index (Phi) is 3.51. The van der Waals surface area contributed by atoms with Crippen LogP contribution in [0, 0.1) is 15.9 Å². The molecule has 1 amide bonds. The molecule has 6 nitrogen and oxygen atoms in total. The van der Waals surface area contributed by atoms with Crippen LogP contribution in [0.25, 0.3) is 0 Å². The minimum atomic E-state index is -0.831. The van der Waals surface area contributed by atoms with Gasteiger partial charge in [0.1, 0.15) is 11.5 Å². The summed E-state index contributed by atoms with van der Waals surface area (Å²) >= 11 is 0. The fourth-order valence-corrected chi connectivity index (χ4v) is 1.01. The van der Waals surface area contributed by atoms with Crippen LogP contribution in [0.2, 0.25) is 0 Å². The Bertz CT molecular complexity index is 434. The Balaban J connectivity index is 3.06. The fraction of sp³-hybridized carbons (Fsp3) is 0.222. The molecule has 0 aromatic heterocycles. The first-order valence-corrected chi connectivity index (χ1v) is 4.42. The largest absolute Gasteiger partial charge is 0.320 e. The third-order valence-electron chi connectivity index (χ3n) is 1.83. The Morgan fingerprint density at radius 1 is 1.62 bits per heavy atom. The quantitative estimate of drug-likeness (QED) is 0.594. The number of amides is 1. The van der Waals surface area contributed by atoms with E-state index in [1.54, 1.807) is 0 Å². The topological polar surface area (TPSA) is 98.3 Å². The monoisotopic (exact) mass is 227 g/mol. The van der Waals surface area contributed by atoms with Crippen molar-refractivity contribution in [2.45, 2.75) is 13.0 Å². The highest BCUT2D eigenvalue weighted by Gasteiger charge is 2.17. The van der Waals surface area contributed by atoms with Gasteiger partial charge < -0.3 is 11.1 Å². The van der Waals surface area contributed by atoms with E-state index in [9.17, 15) is 19.3 Å². The van der Waals surface area contributed by atoms with Gasteiger partial charge in [0.05, 0.1) is 11.0 Å². The first kappa shape index (κ1) is 12.1. The number of carbonyl (C=O) groups excluding carboxylic acids is 1. The number of carbonyl (C=O) groups is 1. The van der Waals surface area contributed by atoms with Gasteiger partial charge in [-0.2, -0.15) is 0 Å². The van der Waals surface area contributed by atoms with Gasteiger partial charge in [0.25, 0.3) is 5.69 Å². The van der Waals surface area contributed by atoms with Crippen LogP contribution < -0.4 is 11.1 Å². The normalized spacial score (nSPS) is 11.9. The molecule has 0 radical (unpaired) electrons. The Labute approximate surface area is 90.4 Å². The zero-order valence-electron chi connectivity index (χ0n) is 8.44. The van der Waals surface area contributed by atoms with Gasteiger partial charge in [-0.05, 0) is 13.0 Å². The molecule has 1 unspecified atom stereocenters. The van der Waals surface area contributed by atoms with Crippen molar-refractivity contribution < 1.29 is 14.1 Å². The van der Waals surface area contributed by atoms with Gasteiger partial charge in [0, 0.05) is 12.1 Å². The van der Waals surface area contributed by atoms with E-state index in [2.05, 4.69) is 5.32 Å². The highest BCUT2D eigenvalue weighted by molar-refractivity contribution is 5.96. The Morgan fingerprint density at radius 3 is 2.75 bits per heavy atom. The first-order valence-electron chi connectivity index (χ1n) is 4.42. The molecule has 3 N–H and O–H groups in total. The van der Waals surface area contributed by atoms with E-state index in [0.29, 0.717) is 0 Å². The van der Waals surface area contributed by atoms with E-state index >= 15 is 0 Å².